The molecule has 0 radical (unpaired) electrons. The van der Waals surface area contributed by atoms with Gasteiger partial charge in [-0.05, 0) is 26.2 Å². The van der Waals surface area contributed by atoms with Gasteiger partial charge in [0.1, 0.15) is 6.54 Å². The van der Waals surface area contributed by atoms with E-state index in [1.807, 2.05) is 19.9 Å². The van der Waals surface area contributed by atoms with Crippen molar-refractivity contribution in [2.45, 2.75) is 59.4 Å². The van der Waals surface area contributed by atoms with Crippen LogP contribution in [-0.4, -0.2) is 36.7 Å². The Kier molecular flexibility index (Phi) is 13.2. The Hall–Kier alpha value is -1.32. The maximum absolute atomic E-state index is 11.6. The number of nitrogens with zero attached hydrogens (tertiary/aromatic N) is 2. The molecule has 0 bridgehead atoms. The Morgan fingerprint density at radius 2 is 1.92 bits per heavy atom. The average molecular weight is 465 g/mol. The number of rotatable bonds is 10. The first-order chi connectivity index (χ1) is 11.6. The SMILES string of the molecule is CCCNC(=O)CN=C(NCC)NCc1cc(C(CC)CC)no1.I. The van der Waals surface area contributed by atoms with Crippen molar-refractivity contribution in [1.29, 1.82) is 0 Å². The summed E-state index contributed by atoms with van der Waals surface area (Å²) in [4.78, 5) is 15.9. The zero-order valence-corrected chi connectivity index (χ0v) is 18.1. The van der Waals surface area contributed by atoms with Gasteiger partial charge < -0.3 is 20.5 Å². The Morgan fingerprint density at radius 3 is 2.52 bits per heavy atom. The Labute approximate surface area is 167 Å². The number of aliphatic imine (C=N–C) groups is 1. The van der Waals surface area contributed by atoms with Crippen molar-refractivity contribution in [2.24, 2.45) is 4.99 Å². The van der Waals surface area contributed by atoms with E-state index in [4.69, 9.17) is 4.52 Å². The van der Waals surface area contributed by atoms with Gasteiger partial charge in [-0.1, -0.05) is 25.9 Å². The molecule has 25 heavy (non-hydrogen) atoms. The molecule has 0 saturated carbocycles. The molecule has 1 heterocycles. The lowest BCUT2D eigenvalue weighted by Crippen LogP contribution is -2.38. The number of carbonyl (C=O) groups is 1. The molecule has 1 rings (SSSR count). The van der Waals surface area contributed by atoms with E-state index in [2.05, 4.69) is 39.9 Å². The first kappa shape index (κ1) is 23.7. The molecule has 3 N–H and O–H groups in total. The van der Waals surface area contributed by atoms with Crippen LogP contribution >= 0.6 is 24.0 Å². The van der Waals surface area contributed by atoms with E-state index in [0.717, 1.165) is 37.3 Å². The highest BCUT2D eigenvalue weighted by molar-refractivity contribution is 14.0. The number of amides is 1. The molecule has 0 unspecified atom stereocenters. The van der Waals surface area contributed by atoms with Crippen molar-refractivity contribution in [3.05, 3.63) is 17.5 Å². The maximum atomic E-state index is 11.6. The predicted octanol–water partition coefficient (Wildman–Crippen LogP) is 2.78. The van der Waals surface area contributed by atoms with Crippen LogP contribution in [0.5, 0.6) is 0 Å². The third kappa shape index (κ3) is 9.08. The van der Waals surface area contributed by atoms with Gasteiger partial charge in [0.05, 0.1) is 12.2 Å². The van der Waals surface area contributed by atoms with Crippen molar-refractivity contribution in [2.75, 3.05) is 19.6 Å². The summed E-state index contributed by atoms with van der Waals surface area (Å²) in [5, 5.41) is 13.2. The van der Waals surface area contributed by atoms with Crippen molar-refractivity contribution in [1.82, 2.24) is 21.1 Å². The monoisotopic (exact) mass is 465 g/mol. The molecule has 0 atom stereocenters. The van der Waals surface area contributed by atoms with Crippen LogP contribution < -0.4 is 16.0 Å². The number of hydrogen-bond acceptors (Lipinski definition) is 4. The molecule has 0 fully saturated rings. The number of hydrogen-bond donors (Lipinski definition) is 3. The minimum Gasteiger partial charge on any atom is -0.359 e. The zero-order chi connectivity index (χ0) is 17.8. The van der Waals surface area contributed by atoms with E-state index >= 15 is 0 Å². The van der Waals surface area contributed by atoms with E-state index in [-0.39, 0.29) is 36.4 Å². The molecule has 8 heteroatoms. The van der Waals surface area contributed by atoms with E-state index in [9.17, 15) is 4.79 Å². The first-order valence-corrected chi connectivity index (χ1v) is 8.88. The topological polar surface area (TPSA) is 91.5 Å². The summed E-state index contributed by atoms with van der Waals surface area (Å²) in [6.07, 6.45) is 3.01. The third-order valence-electron chi connectivity index (χ3n) is 3.71. The second-order valence-electron chi connectivity index (χ2n) is 5.63. The Morgan fingerprint density at radius 1 is 1.20 bits per heavy atom. The maximum Gasteiger partial charge on any atom is 0.241 e. The minimum absolute atomic E-state index is 0. The Bertz CT molecular complexity index is 515. The summed E-state index contributed by atoms with van der Waals surface area (Å²) in [5.41, 5.74) is 0.998. The molecule has 7 nitrogen and oxygen atoms in total. The normalized spacial score (nSPS) is 11.2. The second kappa shape index (κ2) is 13.9. The molecule has 1 aromatic heterocycles. The highest BCUT2D eigenvalue weighted by Crippen LogP contribution is 2.22. The molecular formula is C17H32IN5O2. The molecule has 0 aliphatic rings. The van der Waals surface area contributed by atoms with Gasteiger partial charge in [0, 0.05) is 25.1 Å². The van der Waals surface area contributed by atoms with Crippen LogP contribution in [-0.2, 0) is 11.3 Å². The molecular weight excluding hydrogens is 433 g/mol. The fraction of sp³-hybridized carbons (Fsp3) is 0.706. The molecule has 144 valence electrons. The summed E-state index contributed by atoms with van der Waals surface area (Å²) in [7, 11) is 0. The Balaban J connectivity index is 0.00000576. The van der Waals surface area contributed by atoms with Crippen LogP contribution in [0.3, 0.4) is 0 Å². The van der Waals surface area contributed by atoms with E-state index < -0.39 is 0 Å². The summed E-state index contributed by atoms with van der Waals surface area (Å²) >= 11 is 0. The smallest absolute Gasteiger partial charge is 0.241 e. The van der Waals surface area contributed by atoms with Crippen LogP contribution in [0.25, 0.3) is 0 Å². The van der Waals surface area contributed by atoms with Gasteiger partial charge >= 0.3 is 0 Å². The zero-order valence-electron chi connectivity index (χ0n) is 15.7. The lowest BCUT2D eigenvalue weighted by molar-refractivity contribution is -0.119. The second-order valence-corrected chi connectivity index (χ2v) is 5.63. The number of carbonyl (C=O) groups excluding carboxylic acids is 1. The van der Waals surface area contributed by atoms with E-state index in [0.29, 0.717) is 25.0 Å². The van der Waals surface area contributed by atoms with Crippen LogP contribution in [0.2, 0.25) is 0 Å². The van der Waals surface area contributed by atoms with Crippen LogP contribution in [0.15, 0.2) is 15.6 Å². The largest absolute Gasteiger partial charge is 0.359 e. The van der Waals surface area contributed by atoms with Gasteiger partial charge in [-0.2, -0.15) is 0 Å². The van der Waals surface area contributed by atoms with Gasteiger partial charge in [0.15, 0.2) is 11.7 Å². The molecule has 0 aliphatic heterocycles. The molecule has 0 spiro atoms. The van der Waals surface area contributed by atoms with Crippen LogP contribution in [0, 0.1) is 0 Å². The lowest BCUT2D eigenvalue weighted by Gasteiger charge is -2.10. The predicted molar refractivity (Wildman–Crippen MR) is 111 cm³/mol. The van der Waals surface area contributed by atoms with Crippen molar-refractivity contribution in [3.8, 4) is 0 Å². The minimum atomic E-state index is -0.0789. The highest BCUT2D eigenvalue weighted by Gasteiger charge is 2.13. The van der Waals surface area contributed by atoms with Gasteiger partial charge in [0.2, 0.25) is 5.91 Å². The molecule has 0 aliphatic carbocycles. The van der Waals surface area contributed by atoms with Crippen molar-refractivity contribution in [3.63, 3.8) is 0 Å². The van der Waals surface area contributed by atoms with Gasteiger partial charge in [-0.3, -0.25) is 4.79 Å². The highest BCUT2D eigenvalue weighted by atomic mass is 127. The standard InChI is InChI=1S/C17H31N5O2.HI/c1-5-9-19-16(23)12-21-17(18-8-4)20-11-14-10-15(22-24-14)13(6-2)7-3;/h10,13H,5-9,11-12H2,1-4H3,(H,19,23)(H2,18,20,21);1H. The molecule has 1 aromatic rings. The molecule has 0 saturated heterocycles. The van der Waals surface area contributed by atoms with E-state index in [1.165, 1.54) is 0 Å². The van der Waals surface area contributed by atoms with Crippen LogP contribution in [0.4, 0.5) is 0 Å². The van der Waals surface area contributed by atoms with E-state index in [1.54, 1.807) is 0 Å². The first-order valence-electron chi connectivity index (χ1n) is 8.88. The van der Waals surface area contributed by atoms with Crippen molar-refractivity contribution >= 4 is 35.8 Å². The fourth-order valence-corrected chi connectivity index (χ4v) is 2.30. The van der Waals surface area contributed by atoms with Crippen LogP contribution in [0.1, 0.15) is 64.3 Å². The fourth-order valence-electron chi connectivity index (χ4n) is 2.30. The quantitative estimate of drug-likeness (QED) is 0.281. The summed E-state index contributed by atoms with van der Waals surface area (Å²) in [6.45, 7) is 10.3. The number of halogens is 1. The molecule has 0 aromatic carbocycles. The summed E-state index contributed by atoms with van der Waals surface area (Å²) < 4.78 is 5.38. The van der Waals surface area contributed by atoms with Gasteiger partial charge in [0.25, 0.3) is 0 Å². The van der Waals surface area contributed by atoms with Crippen molar-refractivity contribution < 1.29 is 9.32 Å². The number of aromatic nitrogens is 1. The number of guanidine groups is 1. The van der Waals surface area contributed by atoms with Gasteiger partial charge in [-0.25, -0.2) is 4.99 Å². The number of nitrogens with one attached hydrogen (secondary N) is 3. The molecule has 1 amide bonds. The lowest BCUT2D eigenvalue weighted by atomic mass is 9.99. The average Bonchev–Trinajstić information content (AvgIpc) is 3.05. The summed E-state index contributed by atoms with van der Waals surface area (Å²) in [5.74, 6) is 1.71. The summed E-state index contributed by atoms with van der Waals surface area (Å²) in [6, 6.07) is 1.99. The third-order valence-corrected chi connectivity index (χ3v) is 3.71. The van der Waals surface area contributed by atoms with Gasteiger partial charge in [-0.15, -0.1) is 24.0 Å².